The Morgan fingerprint density at radius 2 is 1.45 bits per heavy atom. The summed E-state index contributed by atoms with van der Waals surface area (Å²) < 4.78 is 27.1. The van der Waals surface area contributed by atoms with Crippen molar-refractivity contribution in [1.82, 2.24) is 14.5 Å². The molecule has 1 saturated carbocycles. The summed E-state index contributed by atoms with van der Waals surface area (Å²) in [4.78, 5) is 2.52. The predicted octanol–water partition coefficient (Wildman–Crippen LogP) is 0.628. The molecule has 3 aliphatic rings. The molecule has 0 aromatic heterocycles. The van der Waals surface area contributed by atoms with Crippen LogP contribution in [0.2, 0.25) is 0 Å². The van der Waals surface area contributed by atoms with Gasteiger partial charge in [0.15, 0.2) is 0 Å². The lowest BCUT2D eigenvalue weighted by Gasteiger charge is -2.39. The molecule has 0 radical (unpaired) electrons. The zero-order valence-corrected chi connectivity index (χ0v) is 13.1. The van der Waals surface area contributed by atoms with Gasteiger partial charge >= 0.3 is 0 Å². The number of nitrogens with one attached hydrogen (secondary N) is 1. The third kappa shape index (κ3) is 3.03. The Balaban J connectivity index is 1.56. The van der Waals surface area contributed by atoms with Crippen molar-refractivity contribution in [2.75, 3.05) is 39.3 Å². The summed E-state index contributed by atoms with van der Waals surface area (Å²) in [6.45, 7) is 4.92. The highest BCUT2D eigenvalue weighted by Crippen LogP contribution is 2.26. The highest BCUT2D eigenvalue weighted by Gasteiger charge is 2.36. The van der Waals surface area contributed by atoms with Gasteiger partial charge in [-0.15, -0.1) is 0 Å². The average molecular weight is 301 g/mol. The van der Waals surface area contributed by atoms with Crippen molar-refractivity contribution in [3.8, 4) is 0 Å². The molecular weight excluding hydrogens is 274 g/mol. The third-order valence-corrected chi connectivity index (χ3v) is 7.58. The topological polar surface area (TPSA) is 52.7 Å². The summed E-state index contributed by atoms with van der Waals surface area (Å²) in [5.41, 5.74) is 0. The lowest BCUT2D eigenvalue weighted by Crippen LogP contribution is -2.54. The van der Waals surface area contributed by atoms with Crippen molar-refractivity contribution in [1.29, 1.82) is 0 Å². The maximum Gasteiger partial charge on any atom is 0.217 e. The molecule has 0 amide bonds. The van der Waals surface area contributed by atoms with Gasteiger partial charge in [-0.25, -0.2) is 8.42 Å². The first-order valence-electron chi connectivity index (χ1n) is 8.11. The van der Waals surface area contributed by atoms with Gasteiger partial charge in [-0.2, -0.15) is 4.31 Å². The molecule has 3 fully saturated rings. The van der Waals surface area contributed by atoms with Gasteiger partial charge in [-0.3, -0.25) is 4.90 Å². The Hall–Kier alpha value is -0.170. The van der Waals surface area contributed by atoms with E-state index < -0.39 is 10.0 Å². The van der Waals surface area contributed by atoms with Gasteiger partial charge in [0.1, 0.15) is 0 Å². The van der Waals surface area contributed by atoms with Crippen molar-refractivity contribution in [2.45, 2.75) is 49.8 Å². The normalized spacial score (nSPS) is 29.0. The Bertz CT molecular complexity index is 406. The summed E-state index contributed by atoms with van der Waals surface area (Å²) in [5, 5.41) is 3.09. The van der Waals surface area contributed by atoms with Crippen molar-refractivity contribution < 1.29 is 8.42 Å². The average Bonchev–Trinajstić information content (AvgIpc) is 3.02. The lowest BCUT2D eigenvalue weighted by atomic mass is 10.2. The van der Waals surface area contributed by atoms with Crippen LogP contribution in [0.25, 0.3) is 0 Å². The molecule has 116 valence electrons. The Kier molecular flexibility index (Phi) is 4.65. The maximum absolute atomic E-state index is 12.6. The first-order chi connectivity index (χ1) is 9.68. The number of sulfonamides is 1. The second kappa shape index (κ2) is 6.30. The van der Waals surface area contributed by atoms with Crippen LogP contribution in [0.1, 0.15) is 38.5 Å². The number of piperidine rings is 1. The highest BCUT2D eigenvalue weighted by molar-refractivity contribution is 7.89. The predicted molar refractivity (Wildman–Crippen MR) is 80.2 cm³/mol. The van der Waals surface area contributed by atoms with E-state index in [0.717, 1.165) is 45.1 Å². The second-order valence-corrected chi connectivity index (χ2v) is 8.58. The van der Waals surface area contributed by atoms with Crippen LogP contribution in [0.3, 0.4) is 0 Å². The van der Waals surface area contributed by atoms with E-state index in [9.17, 15) is 8.42 Å². The largest absolute Gasteiger partial charge is 0.317 e. The first kappa shape index (κ1) is 14.8. The molecule has 0 aromatic rings. The molecule has 6 heteroatoms. The van der Waals surface area contributed by atoms with Gasteiger partial charge in [0, 0.05) is 32.2 Å². The first-order valence-corrected chi connectivity index (χ1v) is 9.62. The Morgan fingerprint density at radius 1 is 0.850 bits per heavy atom. The van der Waals surface area contributed by atoms with Crippen molar-refractivity contribution in [3.63, 3.8) is 0 Å². The van der Waals surface area contributed by atoms with E-state index in [4.69, 9.17) is 0 Å². The smallest absolute Gasteiger partial charge is 0.217 e. The number of hydrogen-bond donors (Lipinski definition) is 1. The van der Waals surface area contributed by atoms with Crippen LogP contribution in [-0.4, -0.2) is 68.2 Å². The highest BCUT2D eigenvalue weighted by atomic mass is 32.2. The van der Waals surface area contributed by atoms with Crippen LogP contribution >= 0.6 is 0 Å². The van der Waals surface area contributed by atoms with Gasteiger partial charge < -0.3 is 5.32 Å². The molecule has 20 heavy (non-hydrogen) atoms. The minimum absolute atomic E-state index is 0.151. The van der Waals surface area contributed by atoms with Crippen LogP contribution in [0.4, 0.5) is 0 Å². The molecule has 5 nitrogen and oxygen atoms in total. The molecular formula is C14H27N3O2S. The fourth-order valence-electron chi connectivity index (χ4n) is 3.90. The number of nitrogens with zero attached hydrogens (tertiary/aromatic N) is 2. The summed E-state index contributed by atoms with van der Waals surface area (Å²) >= 11 is 0. The third-order valence-electron chi connectivity index (χ3n) is 5.18. The van der Waals surface area contributed by atoms with E-state index in [-0.39, 0.29) is 5.25 Å². The van der Waals surface area contributed by atoms with E-state index >= 15 is 0 Å². The maximum atomic E-state index is 12.6. The van der Waals surface area contributed by atoms with Gasteiger partial charge in [0.25, 0.3) is 0 Å². The van der Waals surface area contributed by atoms with Crippen molar-refractivity contribution in [3.05, 3.63) is 0 Å². The minimum atomic E-state index is -3.07. The van der Waals surface area contributed by atoms with Gasteiger partial charge in [0.2, 0.25) is 10.0 Å². The molecule has 1 aliphatic carbocycles. The number of piperazine rings is 1. The molecule has 1 N–H and O–H groups in total. The van der Waals surface area contributed by atoms with E-state index in [1.54, 1.807) is 4.31 Å². The van der Waals surface area contributed by atoms with Crippen LogP contribution in [0.15, 0.2) is 0 Å². The Morgan fingerprint density at radius 3 is 2.05 bits per heavy atom. The van der Waals surface area contributed by atoms with Crippen LogP contribution < -0.4 is 5.32 Å². The molecule has 0 unspecified atom stereocenters. The van der Waals surface area contributed by atoms with Gasteiger partial charge in [0.05, 0.1) is 5.25 Å². The summed E-state index contributed by atoms with van der Waals surface area (Å²) in [6.07, 6.45) is 6.84. The van der Waals surface area contributed by atoms with E-state index in [1.807, 2.05) is 0 Å². The zero-order chi connectivity index (χ0) is 14.0. The SMILES string of the molecule is O=S(=O)(C1CCNCC1)N1CCN(C2CCCC2)CC1. The second-order valence-electron chi connectivity index (χ2n) is 6.37. The molecule has 0 bridgehead atoms. The molecule has 0 atom stereocenters. The summed E-state index contributed by atoms with van der Waals surface area (Å²) in [5.74, 6) is 0. The quantitative estimate of drug-likeness (QED) is 0.831. The lowest BCUT2D eigenvalue weighted by molar-refractivity contribution is 0.138. The molecule has 2 heterocycles. The molecule has 3 rings (SSSR count). The van der Waals surface area contributed by atoms with Crippen LogP contribution in [-0.2, 0) is 10.0 Å². The van der Waals surface area contributed by atoms with Gasteiger partial charge in [-0.05, 0) is 38.8 Å². The zero-order valence-electron chi connectivity index (χ0n) is 12.3. The molecule has 0 spiro atoms. The minimum Gasteiger partial charge on any atom is -0.317 e. The van der Waals surface area contributed by atoms with Crippen molar-refractivity contribution >= 4 is 10.0 Å². The Labute approximate surface area is 122 Å². The van der Waals surface area contributed by atoms with E-state index in [2.05, 4.69) is 10.2 Å². The summed E-state index contributed by atoms with van der Waals surface area (Å²) in [6, 6.07) is 0.721. The van der Waals surface area contributed by atoms with Crippen LogP contribution in [0, 0.1) is 0 Å². The monoisotopic (exact) mass is 301 g/mol. The van der Waals surface area contributed by atoms with E-state index in [0.29, 0.717) is 13.1 Å². The van der Waals surface area contributed by atoms with Crippen LogP contribution in [0.5, 0.6) is 0 Å². The number of rotatable bonds is 3. The summed E-state index contributed by atoms with van der Waals surface area (Å²) in [7, 11) is -3.07. The standard InChI is InChI=1S/C14H27N3O2S/c18-20(19,14-5-7-15-8-6-14)17-11-9-16(10-12-17)13-3-1-2-4-13/h13-15H,1-12H2. The fourth-order valence-corrected chi connectivity index (χ4v) is 5.82. The van der Waals surface area contributed by atoms with E-state index in [1.165, 1.54) is 25.7 Å². The fraction of sp³-hybridized carbons (Fsp3) is 1.00. The molecule has 2 aliphatic heterocycles. The molecule has 2 saturated heterocycles. The van der Waals surface area contributed by atoms with Crippen molar-refractivity contribution in [2.24, 2.45) is 0 Å². The molecule has 0 aromatic carbocycles. The van der Waals surface area contributed by atoms with Gasteiger partial charge in [-0.1, -0.05) is 12.8 Å². The number of hydrogen-bond acceptors (Lipinski definition) is 4.